The van der Waals surface area contributed by atoms with Crippen LogP contribution in [-0.4, -0.2) is 31.5 Å². The first-order chi connectivity index (χ1) is 20.1. The Kier molecular flexibility index (Phi) is 7.97. The highest BCUT2D eigenvalue weighted by molar-refractivity contribution is 8.01. The molecule has 0 saturated heterocycles. The van der Waals surface area contributed by atoms with Gasteiger partial charge in [0.15, 0.2) is 4.34 Å². The third kappa shape index (κ3) is 6.12. The molecule has 3 aromatic carbocycles. The van der Waals surface area contributed by atoms with Gasteiger partial charge in [0, 0.05) is 23.0 Å². The van der Waals surface area contributed by atoms with Crippen LogP contribution in [0.25, 0.3) is 16.3 Å². The van der Waals surface area contributed by atoms with Crippen LogP contribution in [0.5, 0.6) is 0 Å². The average molecular weight is 595 g/mol. The van der Waals surface area contributed by atoms with E-state index in [0.29, 0.717) is 43.0 Å². The molecular formula is C30H22N6O4S2. The van der Waals surface area contributed by atoms with Gasteiger partial charge < -0.3 is 5.32 Å². The topological polar surface area (TPSA) is 144 Å². The number of nitriles is 1. The molecule has 10 nitrogen and oxygen atoms in total. The lowest BCUT2D eigenvalue weighted by molar-refractivity contribution is -0.387. The summed E-state index contributed by atoms with van der Waals surface area (Å²) >= 11 is 2.48. The van der Waals surface area contributed by atoms with E-state index in [9.17, 15) is 25.0 Å². The lowest BCUT2D eigenvalue weighted by Crippen LogP contribution is -2.15. The fourth-order valence-electron chi connectivity index (χ4n) is 4.14. The first kappa shape index (κ1) is 28.4. The minimum Gasteiger partial charge on any atom is -0.322 e. The zero-order valence-electron chi connectivity index (χ0n) is 22.6. The Morgan fingerprint density at radius 2 is 1.83 bits per heavy atom. The summed E-state index contributed by atoms with van der Waals surface area (Å²) in [6, 6.07) is 20.7. The van der Waals surface area contributed by atoms with Crippen molar-refractivity contribution in [1.29, 1.82) is 5.26 Å². The number of fused-ring (bicyclic) bond motifs is 1. The quantitative estimate of drug-likeness (QED) is 0.0920. The number of thiazole rings is 1. The Bertz CT molecular complexity index is 1950. The summed E-state index contributed by atoms with van der Waals surface area (Å²) in [6.45, 7) is 5.39. The highest BCUT2D eigenvalue weighted by atomic mass is 32.2. The fourth-order valence-corrected chi connectivity index (χ4v) is 6.29. The smallest absolute Gasteiger partial charge is 0.289 e. The Labute approximate surface area is 248 Å². The number of carbonyl (C=O) groups is 2. The number of carbonyl (C=O) groups excluding carboxylic acids is 2. The molecule has 0 aliphatic rings. The number of anilines is 1. The molecule has 42 heavy (non-hydrogen) atoms. The van der Waals surface area contributed by atoms with Gasteiger partial charge in [0.2, 0.25) is 0 Å². The molecule has 1 amide bonds. The van der Waals surface area contributed by atoms with Gasteiger partial charge in [-0.05, 0) is 74.9 Å². The normalized spacial score (nSPS) is 11.3. The Morgan fingerprint density at radius 1 is 1.07 bits per heavy atom. The highest BCUT2D eigenvalue weighted by Gasteiger charge is 2.20. The van der Waals surface area contributed by atoms with Crippen LogP contribution in [0, 0.1) is 42.2 Å². The van der Waals surface area contributed by atoms with Gasteiger partial charge in [-0.25, -0.2) is 9.67 Å². The van der Waals surface area contributed by atoms with E-state index >= 15 is 0 Å². The molecular weight excluding hydrogens is 573 g/mol. The van der Waals surface area contributed by atoms with E-state index in [1.807, 2.05) is 31.2 Å². The Balaban J connectivity index is 1.37. The van der Waals surface area contributed by atoms with Gasteiger partial charge in [-0.2, -0.15) is 10.4 Å². The van der Waals surface area contributed by atoms with Gasteiger partial charge >= 0.3 is 0 Å². The predicted octanol–water partition coefficient (Wildman–Crippen LogP) is 6.98. The van der Waals surface area contributed by atoms with E-state index in [0.717, 1.165) is 26.7 Å². The molecule has 0 atom stereocenters. The first-order valence-electron chi connectivity index (χ1n) is 12.6. The summed E-state index contributed by atoms with van der Waals surface area (Å²) < 4.78 is 2.52. The maximum atomic E-state index is 12.8. The number of rotatable bonds is 7. The van der Waals surface area contributed by atoms with Crippen molar-refractivity contribution in [2.24, 2.45) is 0 Å². The van der Waals surface area contributed by atoms with Crippen LogP contribution < -0.4 is 5.32 Å². The average Bonchev–Trinajstić information content (AvgIpc) is 3.52. The van der Waals surface area contributed by atoms with E-state index in [4.69, 9.17) is 0 Å². The molecule has 0 aliphatic carbocycles. The van der Waals surface area contributed by atoms with Crippen molar-refractivity contribution in [3.63, 3.8) is 0 Å². The summed E-state index contributed by atoms with van der Waals surface area (Å²) in [6.07, 6.45) is 1.31. The number of nitrogens with zero attached hydrogens (tertiary/aromatic N) is 5. The largest absolute Gasteiger partial charge is 0.322 e. The molecule has 0 spiro atoms. The van der Waals surface area contributed by atoms with E-state index < -0.39 is 10.8 Å². The maximum absolute atomic E-state index is 12.8. The third-order valence-corrected chi connectivity index (χ3v) is 8.33. The zero-order valence-corrected chi connectivity index (χ0v) is 24.2. The molecule has 5 rings (SSSR count). The van der Waals surface area contributed by atoms with Gasteiger partial charge in [0.25, 0.3) is 17.5 Å². The summed E-state index contributed by atoms with van der Waals surface area (Å²) in [4.78, 5) is 41.8. The second kappa shape index (κ2) is 11.8. The molecule has 0 saturated carbocycles. The van der Waals surface area contributed by atoms with E-state index in [-0.39, 0.29) is 17.2 Å². The van der Waals surface area contributed by atoms with Gasteiger partial charge in [-0.15, -0.1) is 11.3 Å². The number of hydrogen-bond acceptors (Lipinski definition) is 9. The second-order valence-electron chi connectivity index (χ2n) is 9.38. The monoisotopic (exact) mass is 594 g/mol. The highest BCUT2D eigenvalue weighted by Crippen LogP contribution is 2.40. The minimum absolute atomic E-state index is 0.185. The second-order valence-corrected chi connectivity index (χ2v) is 11.7. The number of nitrogens with one attached hydrogen (secondary N) is 1. The molecule has 0 radical (unpaired) electrons. The van der Waals surface area contributed by atoms with Crippen LogP contribution in [0.1, 0.15) is 37.7 Å². The molecule has 0 fully saturated rings. The number of aryl methyl sites for hydroxylation is 3. The molecule has 208 valence electrons. The molecule has 0 bridgehead atoms. The molecule has 0 unspecified atom stereocenters. The van der Waals surface area contributed by atoms with Crippen molar-refractivity contribution < 1.29 is 14.5 Å². The maximum Gasteiger partial charge on any atom is 0.289 e. The SMILES string of the molecule is Cc1ccc(C(=O)Nc2ccc3nc(Sc4ccc(/C=C(\C#N)C(=O)n5nc(C)cc5C)cc4[N+](=O)[O-])sc3c2)cc1. The van der Waals surface area contributed by atoms with Gasteiger partial charge in [0.1, 0.15) is 11.6 Å². The number of aromatic nitrogens is 3. The molecule has 2 aromatic heterocycles. The van der Waals surface area contributed by atoms with Crippen molar-refractivity contribution in [3.8, 4) is 6.07 Å². The van der Waals surface area contributed by atoms with Gasteiger partial charge in [-0.3, -0.25) is 19.7 Å². The Morgan fingerprint density at radius 3 is 2.50 bits per heavy atom. The lowest BCUT2D eigenvalue weighted by atomic mass is 10.1. The van der Waals surface area contributed by atoms with E-state index in [1.165, 1.54) is 23.5 Å². The summed E-state index contributed by atoms with van der Waals surface area (Å²) in [7, 11) is 0. The van der Waals surface area contributed by atoms with Crippen molar-refractivity contribution in [2.45, 2.75) is 30.0 Å². The number of nitro benzene ring substituents is 1. The fraction of sp³-hybridized carbons (Fsp3) is 0.100. The van der Waals surface area contributed by atoms with Crippen LogP contribution in [0.3, 0.4) is 0 Å². The summed E-state index contributed by atoms with van der Waals surface area (Å²) in [5, 5.41) is 28.6. The van der Waals surface area contributed by atoms with E-state index in [1.54, 1.807) is 56.3 Å². The molecule has 1 N–H and O–H groups in total. The number of benzene rings is 3. The number of amides is 1. The summed E-state index contributed by atoms with van der Waals surface area (Å²) in [5.41, 5.74) is 4.06. The zero-order chi connectivity index (χ0) is 30.0. The summed E-state index contributed by atoms with van der Waals surface area (Å²) in [5.74, 6) is -0.845. The molecule has 12 heteroatoms. The van der Waals surface area contributed by atoms with Crippen molar-refractivity contribution in [3.05, 3.63) is 110 Å². The van der Waals surface area contributed by atoms with Crippen molar-refractivity contribution >= 4 is 62.6 Å². The number of nitro groups is 1. The Hall–Kier alpha value is -5.12. The van der Waals surface area contributed by atoms with Crippen molar-refractivity contribution in [1.82, 2.24) is 14.8 Å². The third-order valence-electron chi connectivity index (χ3n) is 6.18. The minimum atomic E-state index is -0.617. The van der Waals surface area contributed by atoms with E-state index in [2.05, 4.69) is 15.4 Å². The van der Waals surface area contributed by atoms with Crippen LogP contribution in [0.4, 0.5) is 11.4 Å². The molecule has 5 aromatic rings. The van der Waals surface area contributed by atoms with Crippen LogP contribution >= 0.6 is 23.1 Å². The molecule has 2 heterocycles. The number of hydrogen-bond donors (Lipinski definition) is 1. The van der Waals surface area contributed by atoms with Crippen LogP contribution in [0.2, 0.25) is 0 Å². The predicted molar refractivity (Wildman–Crippen MR) is 162 cm³/mol. The first-order valence-corrected chi connectivity index (χ1v) is 14.2. The van der Waals surface area contributed by atoms with Crippen molar-refractivity contribution in [2.75, 3.05) is 5.32 Å². The van der Waals surface area contributed by atoms with Crippen LogP contribution in [-0.2, 0) is 0 Å². The van der Waals surface area contributed by atoms with Gasteiger partial charge in [-0.1, -0.05) is 35.5 Å². The number of allylic oxidation sites excluding steroid dienone is 1. The van der Waals surface area contributed by atoms with Crippen LogP contribution in [0.15, 0.2) is 81.5 Å². The lowest BCUT2D eigenvalue weighted by Gasteiger charge is -2.05. The molecule has 0 aliphatic heterocycles. The van der Waals surface area contributed by atoms with Gasteiger partial charge in [0.05, 0.1) is 25.7 Å². The standard InChI is InChI=1S/C30H22N6O4S2/c1-17-4-7-21(8-5-17)28(37)32-23-9-10-24-27(15-23)42-30(33-24)41-26-11-6-20(14-25(26)36(39)40)13-22(16-31)29(38)35-19(3)12-18(2)34-35/h4-15H,1-3H3,(H,32,37)/b22-13+.